The van der Waals surface area contributed by atoms with Crippen LogP contribution in [0.1, 0.15) is 34.7 Å². The van der Waals surface area contributed by atoms with Crippen molar-refractivity contribution in [3.8, 4) is 5.75 Å². The fraction of sp³-hybridized carbons (Fsp3) is 0.222. The molecule has 134 valence electrons. The number of hydrogen-bond donors (Lipinski definition) is 2. The standard InChI is InChI=1S/C18H18N4O4/c1-11(8-12-6-4-3-5-7-12)16-21-14(15(23)18(25)22(16)2)17(24)20-13-9-19-26-10-13/h3-7,9-11,23H,8H2,1-2H3,(H,20,24)/t11-/m0/s1. The van der Waals surface area contributed by atoms with E-state index in [-0.39, 0.29) is 11.6 Å². The van der Waals surface area contributed by atoms with E-state index in [4.69, 9.17) is 0 Å². The molecule has 0 aliphatic carbocycles. The fourth-order valence-corrected chi connectivity index (χ4v) is 2.72. The van der Waals surface area contributed by atoms with Crippen LogP contribution >= 0.6 is 0 Å². The normalized spacial score (nSPS) is 11.9. The van der Waals surface area contributed by atoms with E-state index in [0.29, 0.717) is 17.9 Å². The molecule has 0 unspecified atom stereocenters. The largest absolute Gasteiger partial charge is 0.501 e. The molecule has 0 aliphatic rings. The summed E-state index contributed by atoms with van der Waals surface area (Å²) < 4.78 is 5.90. The molecular weight excluding hydrogens is 336 g/mol. The Morgan fingerprint density at radius 3 is 2.73 bits per heavy atom. The summed E-state index contributed by atoms with van der Waals surface area (Å²) in [7, 11) is 1.52. The first-order valence-corrected chi connectivity index (χ1v) is 8.02. The summed E-state index contributed by atoms with van der Waals surface area (Å²) in [5, 5.41) is 16.0. The fourth-order valence-electron chi connectivity index (χ4n) is 2.72. The van der Waals surface area contributed by atoms with E-state index in [1.54, 1.807) is 0 Å². The van der Waals surface area contributed by atoms with Gasteiger partial charge in [0.25, 0.3) is 11.5 Å². The minimum Gasteiger partial charge on any atom is -0.501 e. The van der Waals surface area contributed by atoms with Crippen LogP contribution in [0.2, 0.25) is 0 Å². The number of carbonyl (C=O) groups excluding carboxylic acids is 1. The Morgan fingerprint density at radius 2 is 2.08 bits per heavy atom. The van der Waals surface area contributed by atoms with Gasteiger partial charge in [-0.3, -0.25) is 14.2 Å². The number of nitrogens with one attached hydrogen (secondary N) is 1. The second kappa shape index (κ2) is 7.22. The molecule has 1 amide bonds. The Balaban J connectivity index is 1.94. The summed E-state index contributed by atoms with van der Waals surface area (Å²) in [6.45, 7) is 1.91. The maximum Gasteiger partial charge on any atom is 0.296 e. The lowest BCUT2D eigenvalue weighted by Crippen LogP contribution is -2.28. The molecule has 2 N–H and O–H groups in total. The van der Waals surface area contributed by atoms with E-state index in [1.807, 2.05) is 37.3 Å². The Kier molecular flexibility index (Phi) is 4.83. The lowest BCUT2D eigenvalue weighted by molar-refractivity contribution is 0.101. The average molecular weight is 354 g/mol. The summed E-state index contributed by atoms with van der Waals surface area (Å²) in [6, 6.07) is 9.76. The molecule has 1 atom stereocenters. The molecule has 8 nitrogen and oxygen atoms in total. The van der Waals surface area contributed by atoms with Gasteiger partial charge in [0.1, 0.15) is 17.8 Å². The number of rotatable bonds is 5. The number of nitrogens with zero attached hydrogens (tertiary/aromatic N) is 3. The Bertz CT molecular complexity index is 965. The van der Waals surface area contributed by atoms with E-state index < -0.39 is 17.2 Å². The van der Waals surface area contributed by atoms with E-state index in [9.17, 15) is 14.7 Å². The molecule has 3 aromatic rings. The maximum absolute atomic E-state index is 12.4. The summed E-state index contributed by atoms with van der Waals surface area (Å²) >= 11 is 0. The van der Waals surface area contributed by atoms with Crippen LogP contribution < -0.4 is 10.9 Å². The smallest absolute Gasteiger partial charge is 0.296 e. The van der Waals surface area contributed by atoms with Gasteiger partial charge in [0.05, 0.1) is 6.20 Å². The van der Waals surface area contributed by atoms with Gasteiger partial charge in [0.2, 0.25) is 5.75 Å². The van der Waals surface area contributed by atoms with E-state index >= 15 is 0 Å². The molecule has 0 radical (unpaired) electrons. The molecule has 0 saturated heterocycles. The van der Waals surface area contributed by atoms with Crippen molar-refractivity contribution in [2.45, 2.75) is 19.3 Å². The van der Waals surface area contributed by atoms with Crippen molar-refractivity contribution in [2.24, 2.45) is 7.05 Å². The SMILES string of the molecule is C[C@@H](Cc1ccccc1)c1nc(C(=O)Nc2cnoc2)c(O)c(=O)n1C. The molecule has 0 fully saturated rings. The minimum absolute atomic E-state index is 0.141. The molecular formula is C18H18N4O4. The van der Waals surface area contributed by atoms with Crippen molar-refractivity contribution in [1.82, 2.24) is 14.7 Å². The zero-order valence-electron chi connectivity index (χ0n) is 14.3. The Morgan fingerprint density at radius 1 is 1.35 bits per heavy atom. The van der Waals surface area contributed by atoms with Gasteiger partial charge in [-0.05, 0) is 12.0 Å². The van der Waals surface area contributed by atoms with Crippen LogP contribution in [-0.2, 0) is 13.5 Å². The maximum atomic E-state index is 12.4. The second-order valence-corrected chi connectivity index (χ2v) is 5.99. The zero-order valence-corrected chi connectivity index (χ0v) is 14.3. The number of aromatic hydroxyl groups is 1. The van der Waals surface area contributed by atoms with Gasteiger partial charge in [0, 0.05) is 13.0 Å². The molecule has 1 aromatic carbocycles. The van der Waals surface area contributed by atoms with Crippen LogP contribution in [0, 0.1) is 0 Å². The van der Waals surface area contributed by atoms with Crippen molar-refractivity contribution in [3.63, 3.8) is 0 Å². The lowest BCUT2D eigenvalue weighted by atomic mass is 10.00. The van der Waals surface area contributed by atoms with Crippen molar-refractivity contribution < 1.29 is 14.4 Å². The van der Waals surface area contributed by atoms with Crippen LogP contribution in [0.25, 0.3) is 0 Å². The van der Waals surface area contributed by atoms with Gasteiger partial charge in [-0.15, -0.1) is 0 Å². The highest BCUT2D eigenvalue weighted by Gasteiger charge is 2.23. The highest BCUT2D eigenvalue weighted by molar-refractivity contribution is 6.04. The van der Waals surface area contributed by atoms with E-state index in [0.717, 1.165) is 5.56 Å². The van der Waals surface area contributed by atoms with Gasteiger partial charge in [-0.2, -0.15) is 0 Å². The van der Waals surface area contributed by atoms with Crippen LogP contribution in [0.5, 0.6) is 5.75 Å². The summed E-state index contributed by atoms with van der Waals surface area (Å²) in [5.41, 5.74) is 0.378. The summed E-state index contributed by atoms with van der Waals surface area (Å²) in [4.78, 5) is 29.0. The molecule has 0 spiro atoms. The topological polar surface area (TPSA) is 110 Å². The van der Waals surface area contributed by atoms with Gasteiger partial charge in [0.15, 0.2) is 5.69 Å². The number of carbonyl (C=O) groups is 1. The quantitative estimate of drug-likeness (QED) is 0.726. The number of benzene rings is 1. The average Bonchev–Trinajstić information content (AvgIpc) is 3.13. The van der Waals surface area contributed by atoms with Crippen LogP contribution in [0.15, 0.2) is 52.1 Å². The molecule has 26 heavy (non-hydrogen) atoms. The molecule has 2 heterocycles. The predicted molar refractivity (Wildman–Crippen MR) is 94.2 cm³/mol. The molecule has 0 saturated carbocycles. The molecule has 2 aromatic heterocycles. The number of anilines is 1. The van der Waals surface area contributed by atoms with Gasteiger partial charge in [-0.25, -0.2) is 4.98 Å². The monoisotopic (exact) mass is 354 g/mol. The van der Waals surface area contributed by atoms with Gasteiger partial charge < -0.3 is 14.9 Å². The molecule has 3 rings (SSSR count). The van der Waals surface area contributed by atoms with Gasteiger partial charge in [-0.1, -0.05) is 42.4 Å². The number of aromatic nitrogens is 3. The Labute approximate surface area is 149 Å². The lowest BCUT2D eigenvalue weighted by Gasteiger charge is -2.16. The highest BCUT2D eigenvalue weighted by Crippen LogP contribution is 2.21. The van der Waals surface area contributed by atoms with Crippen molar-refractivity contribution in [1.29, 1.82) is 0 Å². The molecule has 8 heteroatoms. The third-order valence-electron chi connectivity index (χ3n) is 4.03. The summed E-state index contributed by atoms with van der Waals surface area (Å²) in [6.07, 6.45) is 3.17. The van der Waals surface area contributed by atoms with Gasteiger partial charge >= 0.3 is 0 Å². The van der Waals surface area contributed by atoms with Crippen molar-refractivity contribution in [3.05, 3.63) is 70.2 Å². The first kappa shape index (κ1) is 17.4. The third-order valence-corrected chi connectivity index (χ3v) is 4.03. The van der Waals surface area contributed by atoms with Crippen LogP contribution in [0.4, 0.5) is 5.69 Å². The first-order valence-electron chi connectivity index (χ1n) is 8.02. The zero-order chi connectivity index (χ0) is 18.7. The molecule has 0 bridgehead atoms. The summed E-state index contributed by atoms with van der Waals surface area (Å²) in [5.74, 6) is -1.14. The van der Waals surface area contributed by atoms with Crippen molar-refractivity contribution in [2.75, 3.05) is 5.32 Å². The Hall–Kier alpha value is -3.42. The predicted octanol–water partition coefficient (Wildman–Crippen LogP) is 2.07. The van der Waals surface area contributed by atoms with Crippen LogP contribution in [-0.4, -0.2) is 25.7 Å². The molecule has 0 aliphatic heterocycles. The highest BCUT2D eigenvalue weighted by atomic mass is 16.5. The van der Waals surface area contributed by atoms with E-state index in [1.165, 1.54) is 24.1 Å². The van der Waals surface area contributed by atoms with E-state index in [2.05, 4.69) is 20.0 Å². The number of amides is 1. The first-order chi connectivity index (χ1) is 12.5. The van der Waals surface area contributed by atoms with Crippen LogP contribution in [0.3, 0.4) is 0 Å². The third kappa shape index (κ3) is 3.49. The minimum atomic E-state index is -0.712. The van der Waals surface area contributed by atoms with Crippen molar-refractivity contribution >= 4 is 11.6 Å². The number of hydrogen-bond acceptors (Lipinski definition) is 6. The second-order valence-electron chi connectivity index (χ2n) is 5.99.